The van der Waals surface area contributed by atoms with Crippen molar-refractivity contribution in [3.63, 3.8) is 0 Å². The zero-order chi connectivity index (χ0) is 14.0. The largest absolute Gasteiger partial charge is 0.480 e. The molecule has 0 aliphatic heterocycles. The van der Waals surface area contributed by atoms with E-state index in [1.54, 1.807) is 0 Å². The van der Waals surface area contributed by atoms with Crippen LogP contribution in [0.4, 0.5) is 0 Å². The Morgan fingerprint density at radius 3 is 2.22 bits per heavy atom. The molecule has 0 fully saturated rings. The van der Waals surface area contributed by atoms with Gasteiger partial charge in [-0.25, -0.2) is 4.79 Å². The maximum atomic E-state index is 11.6. The molecule has 0 saturated heterocycles. The Morgan fingerprint density at radius 1 is 1.11 bits per heavy atom. The van der Waals surface area contributed by atoms with E-state index in [4.69, 9.17) is 5.11 Å². The topological polar surface area (TPSA) is 66.4 Å². The molecular weight excluding hydrogens is 230 g/mol. The highest BCUT2D eigenvalue weighted by Gasteiger charge is 2.20. The Balaban J connectivity index is 3.85. The monoisotopic (exact) mass is 257 g/mol. The van der Waals surface area contributed by atoms with E-state index >= 15 is 0 Å². The van der Waals surface area contributed by atoms with Gasteiger partial charge in [0.1, 0.15) is 6.04 Å². The normalized spacial score (nSPS) is 12.4. The molecule has 0 spiro atoms. The van der Waals surface area contributed by atoms with Crippen LogP contribution in [-0.4, -0.2) is 23.0 Å². The van der Waals surface area contributed by atoms with Crippen molar-refractivity contribution in [1.29, 1.82) is 0 Å². The molecule has 0 saturated carbocycles. The van der Waals surface area contributed by atoms with Gasteiger partial charge in [-0.05, 0) is 18.8 Å². The Kier molecular flexibility index (Phi) is 9.33. The second-order valence-corrected chi connectivity index (χ2v) is 5.25. The number of hydrogen-bond acceptors (Lipinski definition) is 2. The number of nitrogens with one attached hydrogen (secondary N) is 1. The minimum absolute atomic E-state index is 0.139. The molecule has 0 aromatic heterocycles. The van der Waals surface area contributed by atoms with Crippen molar-refractivity contribution in [2.24, 2.45) is 5.92 Å². The summed E-state index contributed by atoms with van der Waals surface area (Å²) in [5, 5.41) is 11.6. The smallest absolute Gasteiger partial charge is 0.326 e. The van der Waals surface area contributed by atoms with Crippen molar-refractivity contribution < 1.29 is 14.7 Å². The van der Waals surface area contributed by atoms with Gasteiger partial charge in [-0.2, -0.15) is 0 Å². The number of carboxylic acids is 1. The van der Waals surface area contributed by atoms with Gasteiger partial charge in [0.25, 0.3) is 0 Å². The number of hydrogen-bond donors (Lipinski definition) is 2. The lowest BCUT2D eigenvalue weighted by molar-refractivity contribution is -0.142. The highest BCUT2D eigenvalue weighted by Crippen LogP contribution is 2.07. The molecule has 0 heterocycles. The lowest BCUT2D eigenvalue weighted by Gasteiger charge is -2.16. The molecular formula is C14H27NO3. The molecule has 106 valence electrons. The minimum Gasteiger partial charge on any atom is -0.480 e. The van der Waals surface area contributed by atoms with Gasteiger partial charge in [0.2, 0.25) is 5.91 Å². The lowest BCUT2D eigenvalue weighted by atomic mass is 10.0. The van der Waals surface area contributed by atoms with Gasteiger partial charge in [-0.3, -0.25) is 4.79 Å². The van der Waals surface area contributed by atoms with Crippen LogP contribution in [0.1, 0.15) is 65.7 Å². The third-order valence-electron chi connectivity index (χ3n) is 2.85. The first-order chi connectivity index (χ1) is 8.47. The first kappa shape index (κ1) is 16.9. The molecule has 0 bridgehead atoms. The average molecular weight is 257 g/mol. The summed E-state index contributed by atoms with van der Waals surface area (Å²) in [5.74, 6) is -0.821. The fraction of sp³-hybridized carbons (Fsp3) is 0.857. The maximum Gasteiger partial charge on any atom is 0.326 e. The van der Waals surface area contributed by atoms with Crippen molar-refractivity contribution in [2.75, 3.05) is 0 Å². The molecule has 0 aliphatic carbocycles. The molecule has 0 rings (SSSR count). The number of carboxylic acid groups (broad SMARTS) is 1. The summed E-state index contributed by atoms with van der Waals surface area (Å²) in [4.78, 5) is 22.6. The first-order valence-electron chi connectivity index (χ1n) is 6.99. The maximum absolute atomic E-state index is 11.6. The second-order valence-electron chi connectivity index (χ2n) is 5.25. The van der Waals surface area contributed by atoms with Crippen molar-refractivity contribution in [1.82, 2.24) is 5.32 Å². The zero-order valence-electron chi connectivity index (χ0n) is 11.9. The second kappa shape index (κ2) is 9.92. The molecule has 0 aliphatic rings. The number of carbonyl (C=O) groups is 2. The van der Waals surface area contributed by atoms with Gasteiger partial charge in [0, 0.05) is 6.42 Å². The molecule has 1 unspecified atom stereocenters. The van der Waals surface area contributed by atoms with Crippen molar-refractivity contribution >= 4 is 11.9 Å². The predicted octanol–water partition coefficient (Wildman–Crippen LogP) is 2.96. The molecule has 0 aromatic carbocycles. The third kappa shape index (κ3) is 9.02. The van der Waals surface area contributed by atoms with E-state index in [-0.39, 0.29) is 11.8 Å². The summed E-state index contributed by atoms with van der Waals surface area (Å²) < 4.78 is 0. The van der Waals surface area contributed by atoms with E-state index in [1.165, 1.54) is 12.8 Å². The standard InChI is InChI=1S/C14H27NO3/c1-4-5-6-7-8-9-13(16)15-12(14(17)18)10-11(2)3/h11-12H,4-10H2,1-3H3,(H,15,16)(H,17,18). The van der Waals surface area contributed by atoms with Gasteiger partial charge < -0.3 is 10.4 Å². The lowest BCUT2D eigenvalue weighted by Crippen LogP contribution is -2.41. The highest BCUT2D eigenvalue weighted by molar-refractivity contribution is 5.83. The summed E-state index contributed by atoms with van der Waals surface area (Å²) in [6.45, 7) is 6.05. The van der Waals surface area contributed by atoms with Crippen LogP contribution < -0.4 is 5.32 Å². The molecule has 18 heavy (non-hydrogen) atoms. The number of rotatable bonds is 10. The van der Waals surface area contributed by atoms with Gasteiger partial charge in [0.15, 0.2) is 0 Å². The summed E-state index contributed by atoms with van der Waals surface area (Å²) in [6, 6.07) is -0.742. The summed E-state index contributed by atoms with van der Waals surface area (Å²) in [5.41, 5.74) is 0. The SMILES string of the molecule is CCCCCCCC(=O)NC(CC(C)C)C(=O)O. The van der Waals surface area contributed by atoms with Gasteiger partial charge in [-0.15, -0.1) is 0 Å². The average Bonchev–Trinajstić information content (AvgIpc) is 2.27. The van der Waals surface area contributed by atoms with Crippen molar-refractivity contribution in [3.8, 4) is 0 Å². The van der Waals surface area contributed by atoms with Crippen LogP contribution in [0, 0.1) is 5.92 Å². The van der Waals surface area contributed by atoms with Crippen LogP contribution in [0.3, 0.4) is 0 Å². The van der Waals surface area contributed by atoms with E-state index in [2.05, 4.69) is 12.2 Å². The van der Waals surface area contributed by atoms with Gasteiger partial charge in [-0.1, -0.05) is 46.5 Å². The number of unbranched alkanes of at least 4 members (excludes halogenated alkanes) is 4. The summed E-state index contributed by atoms with van der Waals surface area (Å²) in [6.07, 6.45) is 6.35. The number of carbonyl (C=O) groups excluding carboxylic acids is 1. The molecule has 1 atom stereocenters. The van der Waals surface area contributed by atoms with E-state index in [0.717, 1.165) is 19.3 Å². The molecule has 2 N–H and O–H groups in total. The summed E-state index contributed by atoms with van der Waals surface area (Å²) in [7, 11) is 0. The quantitative estimate of drug-likeness (QED) is 0.591. The number of amides is 1. The van der Waals surface area contributed by atoms with Crippen LogP contribution in [0.15, 0.2) is 0 Å². The number of aliphatic carboxylic acids is 1. The van der Waals surface area contributed by atoms with E-state index in [0.29, 0.717) is 12.8 Å². The molecule has 4 nitrogen and oxygen atoms in total. The highest BCUT2D eigenvalue weighted by atomic mass is 16.4. The first-order valence-corrected chi connectivity index (χ1v) is 6.99. The van der Waals surface area contributed by atoms with Crippen molar-refractivity contribution in [3.05, 3.63) is 0 Å². The van der Waals surface area contributed by atoms with Crippen LogP contribution >= 0.6 is 0 Å². The van der Waals surface area contributed by atoms with E-state index in [9.17, 15) is 9.59 Å². The molecule has 0 aromatic rings. The fourth-order valence-electron chi connectivity index (χ4n) is 1.85. The van der Waals surface area contributed by atoms with Gasteiger partial charge >= 0.3 is 5.97 Å². The van der Waals surface area contributed by atoms with Crippen LogP contribution in [0.25, 0.3) is 0 Å². The fourth-order valence-corrected chi connectivity index (χ4v) is 1.85. The predicted molar refractivity (Wildman–Crippen MR) is 72.4 cm³/mol. The van der Waals surface area contributed by atoms with E-state index < -0.39 is 12.0 Å². The van der Waals surface area contributed by atoms with E-state index in [1.807, 2.05) is 13.8 Å². The van der Waals surface area contributed by atoms with Crippen LogP contribution in [0.2, 0.25) is 0 Å². The van der Waals surface area contributed by atoms with Crippen LogP contribution in [-0.2, 0) is 9.59 Å². The Morgan fingerprint density at radius 2 is 1.72 bits per heavy atom. The molecule has 1 amide bonds. The third-order valence-corrected chi connectivity index (χ3v) is 2.85. The Hall–Kier alpha value is -1.06. The van der Waals surface area contributed by atoms with Crippen molar-refractivity contribution in [2.45, 2.75) is 71.8 Å². The van der Waals surface area contributed by atoms with Crippen LogP contribution in [0.5, 0.6) is 0 Å². The zero-order valence-corrected chi connectivity index (χ0v) is 11.9. The molecule has 0 radical (unpaired) electrons. The minimum atomic E-state index is -0.942. The molecule has 4 heteroatoms. The summed E-state index contributed by atoms with van der Waals surface area (Å²) >= 11 is 0. The Labute approximate surface area is 110 Å². The van der Waals surface area contributed by atoms with Gasteiger partial charge in [0.05, 0.1) is 0 Å². The Bertz CT molecular complexity index is 251.